The number of hydrogen-bond donors (Lipinski definition) is 1. The Kier molecular flexibility index (Phi) is 6.35. The largest absolute Gasteiger partial charge is 0.507 e. The van der Waals surface area contributed by atoms with E-state index in [9.17, 15) is 14.7 Å². The van der Waals surface area contributed by atoms with Crippen LogP contribution >= 0.6 is 22.9 Å². The first kappa shape index (κ1) is 22.1. The fraction of sp³-hybridized carbons (Fsp3) is 0.200. The van der Waals surface area contributed by atoms with Gasteiger partial charge in [0.05, 0.1) is 12.2 Å². The van der Waals surface area contributed by atoms with E-state index in [2.05, 4.69) is 0 Å². The van der Waals surface area contributed by atoms with Crippen LogP contribution in [0, 0.1) is 6.92 Å². The standard InChI is InChI=1S/C25H22ClNO4S/c1-3-12-31-19-9-7-16(8-10-19)22(28)20-21(24-15(2)11-13-32-24)27(25(30)23(20)29)18-6-4-5-17(26)14-18/h4-11,13-14,21,28H,3,12H2,1-2H3/b22-20-. The van der Waals surface area contributed by atoms with Crippen molar-refractivity contribution in [1.82, 2.24) is 0 Å². The van der Waals surface area contributed by atoms with Crippen molar-refractivity contribution in [2.75, 3.05) is 11.5 Å². The van der Waals surface area contributed by atoms with Crippen molar-refractivity contribution in [2.24, 2.45) is 0 Å². The van der Waals surface area contributed by atoms with Crippen LogP contribution in [0.2, 0.25) is 5.02 Å². The second-order valence-electron chi connectivity index (χ2n) is 7.49. The third kappa shape index (κ3) is 4.04. The lowest BCUT2D eigenvalue weighted by molar-refractivity contribution is -0.132. The van der Waals surface area contributed by atoms with E-state index in [1.165, 1.54) is 16.2 Å². The quantitative estimate of drug-likeness (QED) is 0.269. The van der Waals surface area contributed by atoms with E-state index in [4.69, 9.17) is 16.3 Å². The van der Waals surface area contributed by atoms with Gasteiger partial charge in [0.25, 0.3) is 11.7 Å². The Hall–Kier alpha value is -3.09. The highest BCUT2D eigenvalue weighted by molar-refractivity contribution is 7.10. The molecule has 0 bridgehead atoms. The highest BCUT2D eigenvalue weighted by Gasteiger charge is 2.47. The SMILES string of the molecule is CCCOc1ccc(/C(O)=C2/C(=O)C(=O)N(c3cccc(Cl)c3)C2c2sccc2C)cc1. The van der Waals surface area contributed by atoms with Gasteiger partial charge in [-0.3, -0.25) is 14.5 Å². The molecule has 164 valence electrons. The number of ketones is 1. The number of rotatable bonds is 6. The second kappa shape index (κ2) is 9.18. The molecule has 32 heavy (non-hydrogen) atoms. The minimum atomic E-state index is -0.746. The molecule has 3 aromatic rings. The van der Waals surface area contributed by atoms with Gasteiger partial charge in [0, 0.05) is 21.2 Å². The summed E-state index contributed by atoms with van der Waals surface area (Å²) in [6, 6.07) is 14.8. The minimum absolute atomic E-state index is 0.0581. The maximum atomic E-state index is 13.2. The highest BCUT2D eigenvalue weighted by Crippen LogP contribution is 2.45. The van der Waals surface area contributed by atoms with Crippen LogP contribution in [0.4, 0.5) is 5.69 Å². The lowest BCUT2D eigenvalue weighted by Crippen LogP contribution is -2.29. The van der Waals surface area contributed by atoms with Gasteiger partial charge in [-0.15, -0.1) is 11.3 Å². The van der Waals surface area contributed by atoms with Crippen molar-refractivity contribution in [3.05, 3.63) is 86.6 Å². The maximum Gasteiger partial charge on any atom is 0.300 e. The topological polar surface area (TPSA) is 66.8 Å². The van der Waals surface area contributed by atoms with E-state index in [0.29, 0.717) is 28.6 Å². The van der Waals surface area contributed by atoms with E-state index >= 15 is 0 Å². The Morgan fingerprint density at radius 3 is 2.53 bits per heavy atom. The van der Waals surface area contributed by atoms with Crippen molar-refractivity contribution in [3.63, 3.8) is 0 Å². The number of aliphatic hydroxyl groups is 1. The number of thiophene rings is 1. The first-order chi connectivity index (χ1) is 15.4. The van der Waals surface area contributed by atoms with Crippen LogP contribution in [0.25, 0.3) is 5.76 Å². The number of amides is 1. The Labute approximate surface area is 195 Å². The zero-order chi connectivity index (χ0) is 22.8. The molecule has 1 unspecified atom stereocenters. The third-order valence-corrected chi connectivity index (χ3v) is 6.59. The number of carbonyl (C=O) groups excluding carboxylic acids is 2. The first-order valence-electron chi connectivity index (χ1n) is 10.3. The van der Waals surface area contributed by atoms with Crippen LogP contribution in [-0.4, -0.2) is 23.4 Å². The summed E-state index contributed by atoms with van der Waals surface area (Å²) < 4.78 is 5.60. The minimum Gasteiger partial charge on any atom is -0.507 e. The number of Topliss-reactive ketones (excluding diaryl/α,β-unsaturated/α-hetero) is 1. The molecule has 1 saturated heterocycles. The van der Waals surface area contributed by atoms with Gasteiger partial charge in [-0.1, -0.05) is 24.6 Å². The smallest absolute Gasteiger partial charge is 0.300 e. The van der Waals surface area contributed by atoms with Crippen LogP contribution in [-0.2, 0) is 9.59 Å². The molecule has 4 rings (SSSR count). The number of nitrogens with zero attached hydrogens (tertiary/aromatic N) is 1. The number of halogens is 1. The lowest BCUT2D eigenvalue weighted by atomic mass is 9.98. The lowest BCUT2D eigenvalue weighted by Gasteiger charge is -2.25. The van der Waals surface area contributed by atoms with E-state index in [1.807, 2.05) is 25.3 Å². The van der Waals surface area contributed by atoms with Crippen LogP contribution in [0.15, 0.2) is 65.6 Å². The molecule has 1 aliphatic heterocycles. The molecule has 2 aromatic carbocycles. The van der Waals surface area contributed by atoms with Crippen molar-refractivity contribution < 1.29 is 19.4 Å². The summed E-state index contributed by atoms with van der Waals surface area (Å²) in [5, 5.41) is 13.5. The Bertz CT molecular complexity index is 1200. The molecule has 1 fully saturated rings. The molecule has 1 aliphatic rings. The molecule has 0 aliphatic carbocycles. The van der Waals surface area contributed by atoms with Crippen LogP contribution in [0.3, 0.4) is 0 Å². The first-order valence-corrected chi connectivity index (χ1v) is 11.5. The fourth-order valence-corrected chi connectivity index (χ4v) is 4.93. The normalized spacial score (nSPS) is 17.7. The zero-order valence-electron chi connectivity index (χ0n) is 17.7. The maximum absolute atomic E-state index is 13.2. The van der Waals surface area contributed by atoms with Gasteiger partial charge >= 0.3 is 0 Å². The Morgan fingerprint density at radius 1 is 1.16 bits per heavy atom. The summed E-state index contributed by atoms with van der Waals surface area (Å²) in [5.74, 6) is -0.970. The molecular weight excluding hydrogens is 446 g/mol. The zero-order valence-corrected chi connectivity index (χ0v) is 19.2. The van der Waals surface area contributed by atoms with Gasteiger partial charge in [0.15, 0.2) is 0 Å². The predicted octanol–water partition coefficient (Wildman–Crippen LogP) is 6.13. The Morgan fingerprint density at radius 2 is 1.91 bits per heavy atom. The van der Waals surface area contributed by atoms with Gasteiger partial charge in [-0.05, 0) is 72.8 Å². The van der Waals surface area contributed by atoms with Crippen molar-refractivity contribution in [1.29, 1.82) is 0 Å². The van der Waals surface area contributed by atoms with Crippen molar-refractivity contribution >= 4 is 46.1 Å². The van der Waals surface area contributed by atoms with Crippen LogP contribution < -0.4 is 9.64 Å². The van der Waals surface area contributed by atoms with Crippen molar-refractivity contribution in [2.45, 2.75) is 26.3 Å². The van der Waals surface area contributed by atoms with Gasteiger partial charge in [0.1, 0.15) is 17.6 Å². The average Bonchev–Trinajstić information content (AvgIpc) is 3.32. The molecule has 1 atom stereocenters. The van der Waals surface area contributed by atoms with E-state index in [-0.39, 0.29) is 11.3 Å². The van der Waals surface area contributed by atoms with Gasteiger partial charge in [-0.25, -0.2) is 0 Å². The molecule has 0 radical (unpaired) electrons. The average molecular weight is 468 g/mol. The molecule has 1 N–H and O–H groups in total. The van der Waals surface area contributed by atoms with Gasteiger partial charge in [-0.2, -0.15) is 0 Å². The summed E-state index contributed by atoms with van der Waals surface area (Å²) in [6.07, 6.45) is 0.884. The number of ether oxygens (including phenoxy) is 1. The number of benzene rings is 2. The monoisotopic (exact) mass is 467 g/mol. The molecule has 2 heterocycles. The summed E-state index contributed by atoms with van der Waals surface area (Å²) in [4.78, 5) is 28.5. The van der Waals surface area contributed by atoms with E-state index in [1.54, 1.807) is 48.5 Å². The Balaban J connectivity index is 1.85. The van der Waals surface area contributed by atoms with E-state index in [0.717, 1.165) is 16.9 Å². The van der Waals surface area contributed by atoms with Crippen LogP contribution in [0.1, 0.15) is 35.4 Å². The summed E-state index contributed by atoms with van der Waals surface area (Å²) in [6.45, 7) is 4.53. The molecular formula is C25H22ClNO4S. The summed E-state index contributed by atoms with van der Waals surface area (Å²) >= 11 is 7.60. The fourth-order valence-electron chi connectivity index (χ4n) is 3.72. The third-order valence-electron chi connectivity index (χ3n) is 5.28. The predicted molar refractivity (Wildman–Crippen MR) is 128 cm³/mol. The van der Waals surface area contributed by atoms with E-state index < -0.39 is 17.7 Å². The van der Waals surface area contributed by atoms with Crippen LogP contribution in [0.5, 0.6) is 5.75 Å². The molecule has 0 saturated carbocycles. The molecule has 0 spiro atoms. The second-order valence-corrected chi connectivity index (χ2v) is 8.87. The number of anilines is 1. The number of aryl methyl sites for hydroxylation is 1. The molecule has 7 heteroatoms. The highest BCUT2D eigenvalue weighted by atomic mass is 35.5. The number of carbonyl (C=O) groups is 2. The summed E-state index contributed by atoms with van der Waals surface area (Å²) in [7, 11) is 0. The van der Waals surface area contributed by atoms with Gasteiger partial charge in [0.2, 0.25) is 0 Å². The number of hydrogen-bond acceptors (Lipinski definition) is 5. The summed E-state index contributed by atoms with van der Waals surface area (Å²) in [5.41, 5.74) is 1.93. The van der Waals surface area contributed by atoms with Gasteiger partial charge < -0.3 is 9.84 Å². The van der Waals surface area contributed by atoms with Crippen molar-refractivity contribution in [3.8, 4) is 5.75 Å². The number of aliphatic hydroxyl groups excluding tert-OH is 1. The molecule has 1 aromatic heterocycles. The molecule has 1 amide bonds. The molecule has 5 nitrogen and oxygen atoms in total.